The molecule has 0 bridgehead atoms. The third kappa shape index (κ3) is 3.79. The Balaban J connectivity index is 1.67. The molecule has 3 rings (SSSR count). The first kappa shape index (κ1) is 14.9. The maximum absolute atomic E-state index is 6.41. The topological polar surface area (TPSA) is 21.3 Å². The molecular formula is C19H29NO. The summed E-state index contributed by atoms with van der Waals surface area (Å²) in [5.41, 5.74) is 3.04. The van der Waals surface area contributed by atoms with Gasteiger partial charge in [-0.1, -0.05) is 25.8 Å². The number of fused-ring (bicyclic) bond motifs is 1. The monoisotopic (exact) mass is 287 g/mol. The van der Waals surface area contributed by atoms with E-state index in [1.807, 2.05) is 0 Å². The summed E-state index contributed by atoms with van der Waals surface area (Å²) in [6.07, 6.45) is 11.8. The lowest BCUT2D eigenvalue weighted by molar-refractivity contribution is 0.144. The van der Waals surface area contributed by atoms with Crippen LogP contribution in [0.2, 0.25) is 0 Å². The summed E-state index contributed by atoms with van der Waals surface area (Å²) >= 11 is 0. The van der Waals surface area contributed by atoms with Crippen LogP contribution in [0.4, 0.5) is 0 Å². The molecule has 0 heterocycles. The average Bonchev–Trinajstić information content (AvgIpc) is 2.85. The molecule has 2 heteroatoms. The van der Waals surface area contributed by atoms with Crippen LogP contribution in [0.15, 0.2) is 18.2 Å². The van der Waals surface area contributed by atoms with Crippen molar-refractivity contribution in [2.24, 2.45) is 0 Å². The molecule has 0 aromatic heterocycles. The van der Waals surface area contributed by atoms with Crippen molar-refractivity contribution in [3.05, 3.63) is 29.3 Å². The van der Waals surface area contributed by atoms with Crippen LogP contribution in [0.3, 0.4) is 0 Å². The zero-order chi connectivity index (χ0) is 14.5. The van der Waals surface area contributed by atoms with Crippen LogP contribution in [0.5, 0.6) is 5.75 Å². The smallest absolute Gasteiger partial charge is 0.120 e. The molecule has 21 heavy (non-hydrogen) atoms. The van der Waals surface area contributed by atoms with E-state index in [1.165, 1.54) is 68.9 Å². The molecule has 0 spiro atoms. The fourth-order valence-corrected chi connectivity index (χ4v) is 3.77. The van der Waals surface area contributed by atoms with Crippen LogP contribution in [-0.4, -0.2) is 18.7 Å². The van der Waals surface area contributed by atoms with Gasteiger partial charge in [0, 0.05) is 6.04 Å². The molecule has 0 radical (unpaired) electrons. The number of ether oxygens (including phenoxy) is 1. The Morgan fingerprint density at radius 1 is 1.05 bits per heavy atom. The highest BCUT2D eigenvalue weighted by atomic mass is 16.5. The molecule has 2 nitrogen and oxygen atoms in total. The Bertz CT molecular complexity index is 457. The highest BCUT2D eigenvalue weighted by molar-refractivity contribution is 5.38. The van der Waals surface area contributed by atoms with Gasteiger partial charge < -0.3 is 10.1 Å². The molecule has 0 aliphatic heterocycles. The second-order valence-electron chi connectivity index (χ2n) is 6.64. The van der Waals surface area contributed by atoms with Gasteiger partial charge in [-0.2, -0.15) is 0 Å². The minimum Gasteiger partial charge on any atom is -0.489 e. The fourth-order valence-electron chi connectivity index (χ4n) is 3.77. The Morgan fingerprint density at radius 3 is 2.81 bits per heavy atom. The number of hydrogen-bond acceptors (Lipinski definition) is 2. The first-order chi connectivity index (χ1) is 10.4. The van der Waals surface area contributed by atoms with Gasteiger partial charge >= 0.3 is 0 Å². The van der Waals surface area contributed by atoms with E-state index in [1.54, 1.807) is 0 Å². The van der Waals surface area contributed by atoms with Crippen molar-refractivity contribution < 1.29 is 4.74 Å². The van der Waals surface area contributed by atoms with E-state index in [-0.39, 0.29) is 0 Å². The van der Waals surface area contributed by atoms with Crippen molar-refractivity contribution in [3.8, 4) is 5.75 Å². The molecule has 2 unspecified atom stereocenters. The Morgan fingerprint density at radius 2 is 1.90 bits per heavy atom. The quantitative estimate of drug-likeness (QED) is 0.817. The van der Waals surface area contributed by atoms with Crippen molar-refractivity contribution in [2.45, 2.75) is 76.9 Å². The third-order valence-corrected chi connectivity index (χ3v) is 4.97. The van der Waals surface area contributed by atoms with Gasteiger partial charge in [0.25, 0.3) is 0 Å². The van der Waals surface area contributed by atoms with Crippen molar-refractivity contribution in [2.75, 3.05) is 6.54 Å². The lowest BCUT2D eigenvalue weighted by Crippen LogP contribution is -2.42. The van der Waals surface area contributed by atoms with Crippen LogP contribution in [0.25, 0.3) is 0 Å². The van der Waals surface area contributed by atoms with Crippen molar-refractivity contribution in [3.63, 3.8) is 0 Å². The first-order valence-corrected chi connectivity index (χ1v) is 8.88. The zero-order valence-corrected chi connectivity index (χ0v) is 13.4. The van der Waals surface area contributed by atoms with Gasteiger partial charge in [-0.25, -0.2) is 0 Å². The molecule has 1 aromatic carbocycles. The van der Waals surface area contributed by atoms with Gasteiger partial charge in [0.05, 0.1) is 0 Å². The normalized spacial score (nSPS) is 25.4. The van der Waals surface area contributed by atoms with Crippen molar-refractivity contribution in [1.29, 1.82) is 0 Å². The molecule has 2 aliphatic carbocycles. The SMILES string of the molecule is CCCNC1CCCCCC1Oc1ccc2c(c1)CCC2. The predicted octanol–water partition coefficient (Wildman–Crippen LogP) is 4.26. The van der Waals surface area contributed by atoms with Crippen LogP contribution in [0.1, 0.15) is 63.0 Å². The molecule has 2 atom stereocenters. The van der Waals surface area contributed by atoms with Gasteiger partial charge in [0.15, 0.2) is 0 Å². The Labute approximate surface area is 129 Å². The van der Waals surface area contributed by atoms with Gasteiger partial charge in [-0.15, -0.1) is 0 Å². The number of hydrogen-bond donors (Lipinski definition) is 1. The highest BCUT2D eigenvalue weighted by Crippen LogP contribution is 2.28. The Hall–Kier alpha value is -1.02. The second kappa shape index (κ2) is 7.31. The van der Waals surface area contributed by atoms with E-state index in [2.05, 4.69) is 30.4 Å². The van der Waals surface area contributed by atoms with E-state index >= 15 is 0 Å². The van der Waals surface area contributed by atoms with Crippen LogP contribution in [0, 0.1) is 0 Å². The lowest BCUT2D eigenvalue weighted by Gasteiger charge is -2.27. The summed E-state index contributed by atoms with van der Waals surface area (Å²) < 4.78 is 6.41. The molecule has 2 aliphatic rings. The summed E-state index contributed by atoms with van der Waals surface area (Å²) in [5.74, 6) is 1.09. The maximum Gasteiger partial charge on any atom is 0.120 e. The molecule has 1 aromatic rings. The molecule has 0 saturated heterocycles. The number of rotatable bonds is 5. The number of nitrogens with one attached hydrogen (secondary N) is 1. The summed E-state index contributed by atoms with van der Waals surface area (Å²) in [6.45, 7) is 3.34. The van der Waals surface area contributed by atoms with Crippen LogP contribution >= 0.6 is 0 Å². The molecule has 116 valence electrons. The van der Waals surface area contributed by atoms with Gasteiger partial charge in [-0.3, -0.25) is 0 Å². The van der Waals surface area contributed by atoms with Gasteiger partial charge in [0.2, 0.25) is 0 Å². The third-order valence-electron chi connectivity index (χ3n) is 4.97. The number of benzene rings is 1. The summed E-state index contributed by atoms with van der Waals surface area (Å²) in [4.78, 5) is 0. The van der Waals surface area contributed by atoms with E-state index in [0.29, 0.717) is 12.1 Å². The summed E-state index contributed by atoms with van der Waals surface area (Å²) in [7, 11) is 0. The van der Waals surface area contributed by atoms with Crippen LogP contribution in [-0.2, 0) is 12.8 Å². The van der Waals surface area contributed by atoms with E-state index in [9.17, 15) is 0 Å². The molecule has 0 amide bonds. The predicted molar refractivity (Wildman–Crippen MR) is 88.0 cm³/mol. The second-order valence-corrected chi connectivity index (χ2v) is 6.64. The van der Waals surface area contributed by atoms with Crippen molar-refractivity contribution >= 4 is 0 Å². The molecule has 1 N–H and O–H groups in total. The first-order valence-electron chi connectivity index (χ1n) is 8.88. The maximum atomic E-state index is 6.41. The largest absolute Gasteiger partial charge is 0.489 e. The minimum absolute atomic E-state index is 0.346. The highest BCUT2D eigenvalue weighted by Gasteiger charge is 2.25. The van der Waals surface area contributed by atoms with Gasteiger partial charge in [-0.05, 0) is 74.8 Å². The van der Waals surface area contributed by atoms with E-state index in [0.717, 1.165) is 12.3 Å². The van der Waals surface area contributed by atoms with E-state index in [4.69, 9.17) is 4.74 Å². The van der Waals surface area contributed by atoms with E-state index < -0.39 is 0 Å². The minimum atomic E-state index is 0.346. The fraction of sp³-hybridized carbons (Fsp3) is 0.684. The van der Waals surface area contributed by atoms with Gasteiger partial charge in [0.1, 0.15) is 11.9 Å². The molecular weight excluding hydrogens is 258 g/mol. The van der Waals surface area contributed by atoms with Crippen molar-refractivity contribution in [1.82, 2.24) is 5.32 Å². The van der Waals surface area contributed by atoms with Crippen LogP contribution < -0.4 is 10.1 Å². The zero-order valence-electron chi connectivity index (χ0n) is 13.4. The Kier molecular flexibility index (Phi) is 5.18. The summed E-state index contributed by atoms with van der Waals surface area (Å²) in [5, 5.41) is 3.71. The molecule has 1 fully saturated rings. The molecule has 1 saturated carbocycles. The summed E-state index contributed by atoms with van der Waals surface area (Å²) in [6, 6.07) is 7.29. The lowest BCUT2D eigenvalue weighted by atomic mass is 10.1. The number of aryl methyl sites for hydroxylation is 2. The standard InChI is InChI=1S/C19H29NO/c1-2-13-20-18-9-4-3-5-10-19(18)21-17-12-11-15-7-6-8-16(15)14-17/h11-12,14,18-20H,2-10,13H2,1H3. The average molecular weight is 287 g/mol.